The number of carbonyl (C=O) groups is 1. The number of alkyl halides is 3. The number of hydrogen-bond acceptors (Lipinski definition) is 4. The SMILES string of the molecule is CCC1(Cc2cccc(C(F)(F)F)c2)CCCN1C(=O)c1cn(CCC2CCCCN2)nn1. The van der Waals surface area contributed by atoms with E-state index in [9.17, 15) is 18.0 Å². The highest BCUT2D eigenvalue weighted by Crippen LogP contribution is 2.38. The fraction of sp³-hybridized carbons (Fsp3) is 0.625. The zero-order chi connectivity index (χ0) is 23.5. The predicted octanol–water partition coefficient (Wildman–Crippen LogP) is 4.46. The van der Waals surface area contributed by atoms with E-state index in [1.165, 1.54) is 25.0 Å². The first-order valence-electron chi connectivity index (χ1n) is 11.9. The van der Waals surface area contributed by atoms with Crippen LogP contribution in [0.4, 0.5) is 13.2 Å². The summed E-state index contributed by atoms with van der Waals surface area (Å²) >= 11 is 0. The minimum Gasteiger partial charge on any atom is -0.331 e. The topological polar surface area (TPSA) is 63.1 Å². The summed E-state index contributed by atoms with van der Waals surface area (Å²) in [6.45, 7) is 4.31. The number of rotatable bonds is 7. The van der Waals surface area contributed by atoms with Crippen LogP contribution in [0.15, 0.2) is 30.5 Å². The quantitative estimate of drug-likeness (QED) is 0.659. The van der Waals surface area contributed by atoms with Crippen molar-refractivity contribution in [1.82, 2.24) is 25.2 Å². The van der Waals surface area contributed by atoms with Gasteiger partial charge in [-0.05, 0) is 63.1 Å². The predicted molar refractivity (Wildman–Crippen MR) is 119 cm³/mol. The lowest BCUT2D eigenvalue weighted by atomic mass is 9.85. The molecule has 3 heterocycles. The first-order chi connectivity index (χ1) is 15.8. The molecule has 2 aliphatic heterocycles. The molecule has 0 bridgehead atoms. The van der Waals surface area contributed by atoms with E-state index < -0.39 is 17.3 Å². The number of likely N-dealkylation sites (tertiary alicyclic amines) is 1. The molecule has 2 aromatic rings. The van der Waals surface area contributed by atoms with Gasteiger partial charge in [0, 0.05) is 24.7 Å². The van der Waals surface area contributed by atoms with Crippen molar-refractivity contribution in [3.63, 3.8) is 0 Å². The molecule has 1 amide bonds. The van der Waals surface area contributed by atoms with Crippen molar-refractivity contribution < 1.29 is 18.0 Å². The van der Waals surface area contributed by atoms with Crippen LogP contribution >= 0.6 is 0 Å². The lowest BCUT2D eigenvalue weighted by Gasteiger charge is -2.38. The lowest BCUT2D eigenvalue weighted by molar-refractivity contribution is -0.137. The third-order valence-electron chi connectivity index (χ3n) is 7.16. The van der Waals surface area contributed by atoms with Crippen molar-refractivity contribution in [1.29, 1.82) is 0 Å². The molecule has 2 saturated heterocycles. The molecule has 33 heavy (non-hydrogen) atoms. The first kappa shape index (κ1) is 23.7. The minimum atomic E-state index is -4.38. The average Bonchev–Trinajstić information content (AvgIpc) is 3.45. The first-order valence-corrected chi connectivity index (χ1v) is 11.9. The van der Waals surface area contributed by atoms with E-state index in [-0.39, 0.29) is 5.91 Å². The lowest BCUT2D eigenvalue weighted by Crippen LogP contribution is -2.48. The standard InChI is InChI=1S/C24H32F3N5O/c1-2-23(16-18-7-5-8-19(15-18)24(25,26)27)11-6-13-32(23)22(33)21-17-31(30-29-21)14-10-20-9-3-4-12-28-20/h5,7-8,15,17,20,28H,2-4,6,9-14,16H2,1H3. The summed E-state index contributed by atoms with van der Waals surface area (Å²) in [5.41, 5.74) is -0.278. The Morgan fingerprint density at radius 1 is 1.27 bits per heavy atom. The average molecular weight is 464 g/mol. The Kier molecular flexibility index (Phi) is 7.07. The molecular formula is C24H32F3N5O. The summed E-state index contributed by atoms with van der Waals surface area (Å²) in [5.74, 6) is -0.191. The minimum absolute atomic E-state index is 0.191. The van der Waals surface area contributed by atoms with Crippen molar-refractivity contribution in [3.8, 4) is 0 Å². The highest BCUT2D eigenvalue weighted by molar-refractivity contribution is 5.92. The zero-order valence-corrected chi connectivity index (χ0v) is 19.1. The summed E-state index contributed by atoms with van der Waals surface area (Å²) in [6.07, 6.45) is 4.50. The monoisotopic (exact) mass is 463 g/mol. The number of piperidine rings is 1. The van der Waals surface area contributed by atoms with Gasteiger partial charge in [-0.15, -0.1) is 5.10 Å². The normalized spacial score (nSPS) is 23.8. The molecule has 2 fully saturated rings. The molecule has 0 radical (unpaired) electrons. The van der Waals surface area contributed by atoms with Gasteiger partial charge < -0.3 is 10.2 Å². The fourth-order valence-electron chi connectivity index (χ4n) is 5.27. The largest absolute Gasteiger partial charge is 0.416 e. The van der Waals surface area contributed by atoms with Crippen LogP contribution < -0.4 is 5.32 Å². The van der Waals surface area contributed by atoms with Gasteiger partial charge in [0.25, 0.3) is 5.91 Å². The van der Waals surface area contributed by atoms with Crippen LogP contribution in [0.5, 0.6) is 0 Å². The number of nitrogens with one attached hydrogen (secondary N) is 1. The molecular weight excluding hydrogens is 431 g/mol. The Labute approximate surface area is 192 Å². The third kappa shape index (κ3) is 5.39. The van der Waals surface area contributed by atoms with E-state index in [2.05, 4.69) is 15.6 Å². The second-order valence-corrected chi connectivity index (χ2v) is 9.32. The molecule has 0 spiro atoms. The van der Waals surface area contributed by atoms with Crippen LogP contribution in [0.1, 0.15) is 73.5 Å². The zero-order valence-electron chi connectivity index (χ0n) is 19.1. The highest BCUT2D eigenvalue weighted by Gasteiger charge is 2.43. The molecule has 9 heteroatoms. The van der Waals surface area contributed by atoms with Gasteiger partial charge in [0.2, 0.25) is 0 Å². The molecule has 2 aliphatic rings. The van der Waals surface area contributed by atoms with Crippen LogP contribution in [-0.2, 0) is 19.1 Å². The number of amides is 1. The van der Waals surface area contributed by atoms with Gasteiger partial charge in [0.1, 0.15) is 0 Å². The number of carbonyl (C=O) groups excluding carboxylic acids is 1. The maximum absolute atomic E-state index is 13.4. The molecule has 1 N–H and O–H groups in total. The van der Waals surface area contributed by atoms with Crippen molar-refractivity contribution in [3.05, 3.63) is 47.3 Å². The van der Waals surface area contributed by atoms with Crippen molar-refractivity contribution >= 4 is 5.91 Å². The van der Waals surface area contributed by atoms with E-state index in [0.29, 0.717) is 43.2 Å². The van der Waals surface area contributed by atoms with Crippen LogP contribution in [0, 0.1) is 0 Å². The van der Waals surface area contributed by atoms with Gasteiger partial charge in [-0.25, -0.2) is 0 Å². The van der Waals surface area contributed by atoms with E-state index in [1.54, 1.807) is 16.9 Å². The summed E-state index contributed by atoms with van der Waals surface area (Å²) in [4.78, 5) is 15.2. The smallest absolute Gasteiger partial charge is 0.331 e. The number of halogens is 3. The molecule has 1 aromatic heterocycles. The number of hydrogen-bond donors (Lipinski definition) is 1. The van der Waals surface area contributed by atoms with E-state index in [4.69, 9.17) is 0 Å². The summed E-state index contributed by atoms with van der Waals surface area (Å²) in [5, 5.41) is 11.8. The number of benzene rings is 1. The second kappa shape index (κ2) is 9.83. The van der Waals surface area contributed by atoms with E-state index in [0.717, 1.165) is 38.3 Å². The molecule has 1 aromatic carbocycles. The van der Waals surface area contributed by atoms with Crippen molar-refractivity contribution in [2.24, 2.45) is 0 Å². The summed E-state index contributed by atoms with van der Waals surface area (Å²) in [6, 6.07) is 5.91. The Morgan fingerprint density at radius 2 is 2.12 bits per heavy atom. The Hall–Kier alpha value is -2.42. The summed E-state index contributed by atoms with van der Waals surface area (Å²) < 4.78 is 41.3. The molecule has 6 nitrogen and oxygen atoms in total. The molecule has 4 rings (SSSR count). The Morgan fingerprint density at radius 3 is 2.85 bits per heavy atom. The van der Waals surface area contributed by atoms with Gasteiger partial charge in [-0.2, -0.15) is 13.2 Å². The van der Waals surface area contributed by atoms with Crippen LogP contribution in [0.2, 0.25) is 0 Å². The summed E-state index contributed by atoms with van der Waals surface area (Å²) in [7, 11) is 0. The number of aromatic nitrogens is 3. The van der Waals surface area contributed by atoms with Gasteiger partial charge in [-0.1, -0.05) is 36.8 Å². The molecule has 180 valence electrons. The highest BCUT2D eigenvalue weighted by atomic mass is 19.4. The van der Waals surface area contributed by atoms with E-state index >= 15 is 0 Å². The molecule has 2 atom stereocenters. The number of nitrogens with zero attached hydrogens (tertiary/aromatic N) is 4. The van der Waals surface area contributed by atoms with Crippen molar-refractivity contribution in [2.75, 3.05) is 13.1 Å². The second-order valence-electron chi connectivity index (χ2n) is 9.32. The Bertz CT molecular complexity index is 954. The number of aryl methyl sites for hydroxylation is 1. The van der Waals surface area contributed by atoms with Crippen LogP contribution in [-0.4, -0.2) is 50.5 Å². The van der Waals surface area contributed by atoms with Gasteiger partial charge in [-0.3, -0.25) is 9.48 Å². The third-order valence-corrected chi connectivity index (χ3v) is 7.16. The maximum Gasteiger partial charge on any atom is 0.416 e. The van der Waals surface area contributed by atoms with Gasteiger partial charge in [0.15, 0.2) is 5.69 Å². The van der Waals surface area contributed by atoms with Crippen LogP contribution in [0.25, 0.3) is 0 Å². The van der Waals surface area contributed by atoms with E-state index in [1.807, 2.05) is 11.8 Å². The molecule has 2 unspecified atom stereocenters. The fourth-order valence-corrected chi connectivity index (χ4v) is 5.27. The van der Waals surface area contributed by atoms with Gasteiger partial charge >= 0.3 is 6.18 Å². The maximum atomic E-state index is 13.4. The Balaban J connectivity index is 1.46. The van der Waals surface area contributed by atoms with Crippen LogP contribution in [0.3, 0.4) is 0 Å². The molecule has 0 saturated carbocycles. The van der Waals surface area contributed by atoms with Crippen molar-refractivity contribution in [2.45, 2.75) is 82.6 Å². The molecule has 0 aliphatic carbocycles. The van der Waals surface area contributed by atoms with Gasteiger partial charge in [0.05, 0.1) is 11.8 Å².